The Morgan fingerprint density at radius 3 is 3.07 bits per heavy atom. The number of rotatable bonds is 6. The lowest BCUT2D eigenvalue weighted by atomic mass is 10.1. The topological polar surface area (TPSA) is 55.1 Å². The first kappa shape index (κ1) is 12.2. The van der Waals surface area contributed by atoms with Gasteiger partial charge < -0.3 is 11.1 Å². The van der Waals surface area contributed by atoms with Crippen molar-refractivity contribution in [2.45, 2.75) is 38.8 Å². The van der Waals surface area contributed by atoms with Crippen LogP contribution in [-0.2, 0) is 11.3 Å². The van der Waals surface area contributed by atoms with E-state index in [0.29, 0.717) is 13.0 Å². The van der Waals surface area contributed by atoms with E-state index >= 15 is 0 Å². The third-order valence-corrected chi connectivity index (χ3v) is 2.87. The fourth-order valence-corrected chi connectivity index (χ4v) is 1.94. The number of thiophene rings is 1. The average Bonchev–Trinajstić information content (AvgIpc) is 2.66. The number of hydrogen-bond donors (Lipinski definition) is 2. The zero-order valence-electron chi connectivity index (χ0n) is 9.03. The van der Waals surface area contributed by atoms with Crippen molar-refractivity contribution in [1.82, 2.24) is 5.32 Å². The third kappa shape index (κ3) is 5.54. The number of hydrogen-bond acceptors (Lipinski definition) is 3. The molecular formula is C11H18N2OS. The molecule has 0 aliphatic carbocycles. The summed E-state index contributed by atoms with van der Waals surface area (Å²) >= 11 is 1.65. The van der Waals surface area contributed by atoms with E-state index in [9.17, 15) is 4.79 Å². The molecule has 1 atom stereocenters. The molecule has 1 amide bonds. The first-order valence-electron chi connectivity index (χ1n) is 5.22. The molecular weight excluding hydrogens is 208 g/mol. The van der Waals surface area contributed by atoms with Gasteiger partial charge in [0, 0.05) is 19.0 Å². The van der Waals surface area contributed by atoms with Crippen molar-refractivity contribution in [2.24, 2.45) is 5.73 Å². The number of nitrogens with two attached hydrogens (primary N) is 1. The van der Waals surface area contributed by atoms with Crippen LogP contribution in [0.4, 0.5) is 0 Å². The zero-order chi connectivity index (χ0) is 11.1. The summed E-state index contributed by atoms with van der Waals surface area (Å²) in [6, 6.07) is 2.21. The van der Waals surface area contributed by atoms with Gasteiger partial charge in [0.05, 0.1) is 0 Å². The van der Waals surface area contributed by atoms with Crippen LogP contribution < -0.4 is 11.1 Å². The van der Waals surface area contributed by atoms with Crippen molar-refractivity contribution in [3.05, 3.63) is 22.4 Å². The molecule has 0 fully saturated rings. The third-order valence-electron chi connectivity index (χ3n) is 2.13. The Balaban J connectivity index is 2.09. The highest BCUT2D eigenvalue weighted by Crippen LogP contribution is 2.05. The van der Waals surface area contributed by atoms with E-state index in [2.05, 4.69) is 5.32 Å². The lowest BCUT2D eigenvalue weighted by Gasteiger charge is -2.05. The van der Waals surface area contributed by atoms with E-state index in [1.54, 1.807) is 11.3 Å². The van der Waals surface area contributed by atoms with Gasteiger partial charge in [-0.2, -0.15) is 11.3 Å². The minimum Gasteiger partial charge on any atom is -0.352 e. The second kappa shape index (κ2) is 6.58. The van der Waals surface area contributed by atoms with E-state index < -0.39 is 0 Å². The highest BCUT2D eigenvalue weighted by Gasteiger charge is 2.02. The highest BCUT2D eigenvalue weighted by atomic mass is 32.1. The Kier molecular flexibility index (Phi) is 5.36. The van der Waals surface area contributed by atoms with E-state index in [0.717, 1.165) is 12.8 Å². The second-order valence-corrected chi connectivity index (χ2v) is 4.56. The largest absolute Gasteiger partial charge is 0.352 e. The van der Waals surface area contributed by atoms with Crippen molar-refractivity contribution in [3.8, 4) is 0 Å². The fraction of sp³-hybridized carbons (Fsp3) is 0.545. The van der Waals surface area contributed by atoms with Gasteiger partial charge in [0.1, 0.15) is 0 Å². The Morgan fingerprint density at radius 1 is 1.67 bits per heavy atom. The maximum atomic E-state index is 11.4. The Bertz CT molecular complexity index is 283. The van der Waals surface area contributed by atoms with Gasteiger partial charge in [0.25, 0.3) is 0 Å². The molecule has 1 aromatic heterocycles. The summed E-state index contributed by atoms with van der Waals surface area (Å²) in [7, 11) is 0. The van der Waals surface area contributed by atoms with E-state index in [1.807, 2.05) is 23.8 Å². The Morgan fingerprint density at radius 2 is 2.47 bits per heavy atom. The van der Waals surface area contributed by atoms with E-state index in [-0.39, 0.29) is 11.9 Å². The van der Waals surface area contributed by atoms with Crippen LogP contribution in [0.25, 0.3) is 0 Å². The Hall–Kier alpha value is -0.870. The molecule has 0 spiro atoms. The van der Waals surface area contributed by atoms with Gasteiger partial charge in [0.2, 0.25) is 5.91 Å². The second-order valence-electron chi connectivity index (χ2n) is 3.78. The van der Waals surface area contributed by atoms with Crippen LogP contribution in [-0.4, -0.2) is 11.9 Å². The summed E-state index contributed by atoms with van der Waals surface area (Å²) in [5, 5.41) is 6.94. The first-order chi connectivity index (χ1) is 7.18. The number of nitrogens with one attached hydrogen (secondary N) is 1. The van der Waals surface area contributed by atoms with Crippen molar-refractivity contribution in [2.75, 3.05) is 0 Å². The molecule has 0 saturated carbocycles. The van der Waals surface area contributed by atoms with Crippen LogP contribution in [0.15, 0.2) is 16.8 Å². The summed E-state index contributed by atoms with van der Waals surface area (Å²) in [5.74, 6) is 0.113. The lowest BCUT2D eigenvalue weighted by Crippen LogP contribution is -2.23. The molecule has 0 saturated heterocycles. The minimum absolute atomic E-state index is 0.113. The molecule has 3 nitrogen and oxygen atoms in total. The molecule has 0 aliphatic heterocycles. The number of amides is 1. The summed E-state index contributed by atoms with van der Waals surface area (Å²) < 4.78 is 0. The van der Waals surface area contributed by atoms with Gasteiger partial charge in [-0.15, -0.1) is 0 Å². The molecule has 0 radical (unpaired) electrons. The van der Waals surface area contributed by atoms with E-state index in [4.69, 9.17) is 5.73 Å². The smallest absolute Gasteiger partial charge is 0.220 e. The van der Waals surface area contributed by atoms with Crippen LogP contribution in [0.2, 0.25) is 0 Å². The summed E-state index contributed by atoms with van der Waals surface area (Å²) in [4.78, 5) is 11.4. The molecule has 4 heteroatoms. The molecule has 0 aliphatic rings. The minimum atomic E-state index is 0.113. The molecule has 0 aromatic carbocycles. The first-order valence-corrected chi connectivity index (χ1v) is 6.16. The number of carbonyl (C=O) groups excluding carboxylic acids is 1. The van der Waals surface area contributed by atoms with Crippen molar-refractivity contribution in [1.29, 1.82) is 0 Å². The summed E-state index contributed by atoms with van der Waals surface area (Å²) in [5.41, 5.74) is 6.77. The summed E-state index contributed by atoms with van der Waals surface area (Å²) in [6.45, 7) is 2.60. The normalized spacial score (nSPS) is 12.4. The van der Waals surface area contributed by atoms with Gasteiger partial charge in [-0.3, -0.25) is 4.79 Å². The molecule has 0 bridgehead atoms. The van der Waals surface area contributed by atoms with Gasteiger partial charge in [-0.25, -0.2) is 0 Å². The van der Waals surface area contributed by atoms with Crippen molar-refractivity contribution < 1.29 is 4.79 Å². The molecule has 3 N–H and O–H groups in total. The van der Waals surface area contributed by atoms with Crippen LogP contribution in [0.1, 0.15) is 31.7 Å². The average molecular weight is 226 g/mol. The van der Waals surface area contributed by atoms with E-state index in [1.165, 1.54) is 5.56 Å². The monoisotopic (exact) mass is 226 g/mol. The lowest BCUT2D eigenvalue weighted by molar-refractivity contribution is -0.121. The molecule has 1 heterocycles. The Labute approximate surface area is 94.7 Å². The van der Waals surface area contributed by atoms with Crippen LogP contribution in [0.3, 0.4) is 0 Å². The van der Waals surface area contributed by atoms with Crippen LogP contribution in [0, 0.1) is 0 Å². The SMILES string of the molecule is CC(N)CCCC(=O)NCc1ccsc1. The molecule has 1 aromatic rings. The molecule has 15 heavy (non-hydrogen) atoms. The van der Waals surface area contributed by atoms with Gasteiger partial charge in [-0.05, 0) is 42.2 Å². The zero-order valence-corrected chi connectivity index (χ0v) is 9.85. The number of carbonyl (C=O) groups is 1. The van der Waals surface area contributed by atoms with Gasteiger partial charge >= 0.3 is 0 Å². The highest BCUT2D eigenvalue weighted by molar-refractivity contribution is 7.07. The predicted octanol–water partition coefficient (Wildman–Crippen LogP) is 1.88. The van der Waals surface area contributed by atoms with Crippen molar-refractivity contribution in [3.63, 3.8) is 0 Å². The summed E-state index contributed by atoms with van der Waals surface area (Å²) in [6.07, 6.45) is 2.35. The van der Waals surface area contributed by atoms with Gasteiger partial charge in [-0.1, -0.05) is 0 Å². The molecule has 1 unspecified atom stereocenters. The molecule has 1 rings (SSSR count). The standard InChI is InChI=1S/C11H18N2OS/c1-9(12)3-2-4-11(14)13-7-10-5-6-15-8-10/h5-6,8-9H,2-4,7,12H2,1H3,(H,13,14). The maximum Gasteiger partial charge on any atom is 0.220 e. The quantitative estimate of drug-likeness (QED) is 0.778. The van der Waals surface area contributed by atoms with Crippen molar-refractivity contribution >= 4 is 17.2 Å². The maximum absolute atomic E-state index is 11.4. The van der Waals surface area contributed by atoms with Gasteiger partial charge in [0.15, 0.2) is 0 Å². The predicted molar refractivity (Wildman–Crippen MR) is 63.7 cm³/mol. The van der Waals surface area contributed by atoms with Crippen LogP contribution >= 0.6 is 11.3 Å². The molecule has 84 valence electrons. The fourth-order valence-electron chi connectivity index (χ4n) is 1.27. The van der Waals surface area contributed by atoms with Crippen LogP contribution in [0.5, 0.6) is 0 Å².